The van der Waals surface area contributed by atoms with E-state index >= 15 is 0 Å². The summed E-state index contributed by atoms with van der Waals surface area (Å²) in [6, 6.07) is 5.84. The standard InChI is InChI=1S/C18H20F3N5O3S/c19-11-8-23-17(24-12-4-1-2-5-14(12)30(22,27)28)25-16(11)26-9-13(15(20)21)29-18(10-26)6-3-7-18/h1-2,4-5,8,13,15H,3,6-7,9-10H2,(H2,22,27,28)(H,23,24,25)/t13-/m1/s1. The van der Waals surface area contributed by atoms with Crippen LogP contribution in [0.15, 0.2) is 35.4 Å². The molecule has 1 aromatic carbocycles. The first-order valence-corrected chi connectivity index (χ1v) is 10.8. The van der Waals surface area contributed by atoms with Crippen LogP contribution in [0, 0.1) is 5.82 Å². The largest absolute Gasteiger partial charge is 0.362 e. The van der Waals surface area contributed by atoms with Gasteiger partial charge in [0.25, 0.3) is 6.43 Å². The van der Waals surface area contributed by atoms with Gasteiger partial charge in [0.1, 0.15) is 11.0 Å². The van der Waals surface area contributed by atoms with Crippen LogP contribution in [-0.2, 0) is 14.8 Å². The first-order valence-electron chi connectivity index (χ1n) is 9.29. The second kappa shape index (κ2) is 7.67. The van der Waals surface area contributed by atoms with E-state index in [1.165, 1.54) is 23.1 Å². The van der Waals surface area contributed by atoms with Gasteiger partial charge in [-0.25, -0.2) is 31.7 Å². The summed E-state index contributed by atoms with van der Waals surface area (Å²) >= 11 is 0. The minimum Gasteiger partial charge on any atom is -0.362 e. The first kappa shape index (κ1) is 20.8. The van der Waals surface area contributed by atoms with E-state index in [1.807, 2.05) is 0 Å². The zero-order chi connectivity index (χ0) is 21.5. The van der Waals surface area contributed by atoms with Crippen LogP contribution in [0.2, 0.25) is 0 Å². The van der Waals surface area contributed by atoms with E-state index in [0.717, 1.165) is 12.6 Å². The molecule has 1 aliphatic carbocycles. The number of nitrogens with zero attached hydrogens (tertiary/aromatic N) is 3. The van der Waals surface area contributed by atoms with E-state index in [-0.39, 0.29) is 35.4 Å². The Hall–Kier alpha value is -2.44. The minimum atomic E-state index is -4.02. The number of rotatable bonds is 5. The maximum Gasteiger partial charge on any atom is 0.266 e. The predicted octanol–water partition coefficient (Wildman–Crippen LogP) is 2.40. The Bertz CT molecular complexity index is 1050. The fourth-order valence-corrected chi connectivity index (χ4v) is 4.44. The van der Waals surface area contributed by atoms with E-state index in [9.17, 15) is 21.6 Å². The van der Waals surface area contributed by atoms with Gasteiger partial charge in [-0.15, -0.1) is 0 Å². The van der Waals surface area contributed by atoms with Gasteiger partial charge in [0.15, 0.2) is 11.6 Å². The average Bonchev–Trinajstić information content (AvgIpc) is 2.67. The summed E-state index contributed by atoms with van der Waals surface area (Å²) < 4.78 is 70.4. The second-order valence-electron chi connectivity index (χ2n) is 7.44. The molecule has 1 aliphatic heterocycles. The number of hydrogen-bond acceptors (Lipinski definition) is 7. The molecule has 1 saturated heterocycles. The highest BCUT2D eigenvalue weighted by molar-refractivity contribution is 7.89. The fraction of sp³-hybridized carbons (Fsp3) is 0.444. The molecule has 162 valence electrons. The number of alkyl halides is 2. The molecule has 0 unspecified atom stereocenters. The van der Waals surface area contributed by atoms with Crippen LogP contribution < -0.4 is 15.4 Å². The van der Waals surface area contributed by atoms with Crippen molar-refractivity contribution in [3.63, 3.8) is 0 Å². The van der Waals surface area contributed by atoms with E-state index in [4.69, 9.17) is 9.88 Å². The van der Waals surface area contributed by atoms with Gasteiger partial charge in [-0.2, -0.15) is 4.98 Å². The molecule has 1 aromatic heterocycles. The molecule has 2 heterocycles. The number of para-hydroxylation sites is 1. The third-order valence-corrected chi connectivity index (χ3v) is 6.26. The number of hydrogen-bond donors (Lipinski definition) is 2. The Kier molecular flexibility index (Phi) is 5.32. The van der Waals surface area contributed by atoms with Crippen LogP contribution in [0.25, 0.3) is 0 Å². The third-order valence-electron chi connectivity index (χ3n) is 5.29. The van der Waals surface area contributed by atoms with Crippen molar-refractivity contribution in [3.05, 3.63) is 36.3 Å². The van der Waals surface area contributed by atoms with Gasteiger partial charge in [0.05, 0.1) is 24.0 Å². The summed E-state index contributed by atoms with van der Waals surface area (Å²) in [4.78, 5) is 9.22. The quantitative estimate of drug-likeness (QED) is 0.730. The molecule has 12 heteroatoms. The molecular formula is C18H20F3N5O3S. The molecule has 8 nitrogen and oxygen atoms in total. The van der Waals surface area contributed by atoms with Gasteiger partial charge in [0.2, 0.25) is 16.0 Å². The van der Waals surface area contributed by atoms with Gasteiger partial charge in [-0.1, -0.05) is 12.1 Å². The first-order chi connectivity index (χ1) is 14.2. The van der Waals surface area contributed by atoms with Crippen LogP contribution >= 0.6 is 0 Å². The van der Waals surface area contributed by atoms with Crippen molar-refractivity contribution in [2.24, 2.45) is 5.14 Å². The summed E-state index contributed by atoms with van der Waals surface area (Å²) in [5.41, 5.74) is -0.620. The van der Waals surface area contributed by atoms with Gasteiger partial charge < -0.3 is 15.0 Å². The lowest BCUT2D eigenvalue weighted by Gasteiger charge is -2.51. The molecule has 1 atom stereocenters. The normalized spacial score (nSPS) is 21.0. The zero-order valence-electron chi connectivity index (χ0n) is 15.8. The van der Waals surface area contributed by atoms with Crippen molar-refractivity contribution in [2.45, 2.75) is 42.3 Å². The SMILES string of the molecule is NS(=O)(=O)c1ccccc1Nc1ncc(F)c(N2C[C@H](C(F)F)OC3(CCC3)C2)n1. The van der Waals surface area contributed by atoms with Gasteiger partial charge >= 0.3 is 0 Å². The molecule has 0 radical (unpaired) electrons. The smallest absolute Gasteiger partial charge is 0.266 e. The van der Waals surface area contributed by atoms with Crippen LogP contribution in [0.4, 0.5) is 30.6 Å². The summed E-state index contributed by atoms with van der Waals surface area (Å²) in [7, 11) is -4.02. The molecule has 2 aromatic rings. The summed E-state index contributed by atoms with van der Waals surface area (Å²) in [5, 5.41) is 7.93. The lowest BCUT2D eigenvalue weighted by Crippen LogP contribution is -2.61. The lowest BCUT2D eigenvalue weighted by atomic mass is 9.78. The summed E-state index contributed by atoms with van der Waals surface area (Å²) in [5.74, 6) is -1.02. The van der Waals surface area contributed by atoms with Crippen molar-refractivity contribution in [3.8, 4) is 0 Å². The number of primary sulfonamides is 1. The van der Waals surface area contributed by atoms with Gasteiger partial charge in [0, 0.05) is 6.54 Å². The Morgan fingerprint density at radius 1 is 1.30 bits per heavy atom. The van der Waals surface area contributed by atoms with Crippen LogP contribution in [0.3, 0.4) is 0 Å². The predicted molar refractivity (Wildman–Crippen MR) is 103 cm³/mol. The number of ether oxygens (including phenoxy) is 1. The molecule has 3 N–H and O–H groups in total. The Morgan fingerprint density at radius 2 is 2.03 bits per heavy atom. The van der Waals surface area contributed by atoms with Crippen molar-refractivity contribution in [1.29, 1.82) is 0 Å². The molecule has 4 rings (SSSR count). The molecule has 1 saturated carbocycles. The molecule has 30 heavy (non-hydrogen) atoms. The summed E-state index contributed by atoms with van der Waals surface area (Å²) in [6.07, 6.45) is -1.07. The number of anilines is 3. The van der Waals surface area contributed by atoms with Crippen LogP contribution in [0.5, 0.6) is 0 Å². The summed E-state index contributed by atoms with van der Waals surface area (Å²) in [6.45, 7) is 0.0118. The molecular weight excluding hydrogens is 423 g/mol. The third kappa shape index (κ3) is 4.07. The number of benzene rings is 1. The highest BCUT2D eigenvalue weighted by Gasteiger charge is 2.48. The second-order valence-corrected chi connectivity index (χ2v) is 8.97. The topological polar surface area (TPSA) is 110 Å². The average molecular weight is 443 g/mol. The number of morpholine rings is 1. The Balaban J connectivity index is 1.64. The molecule has 0 amide bonds. The van der Waals surface area contributed by atoms with Crippen molar-refractivity contribution < 1.29 is 26.3 Å². The lowest BCUT2D eigenvalue weighted by molar-refractivity contribution is -0.185. The van der Waals surface area contributed by atoms with Crippen LogP contribution in [-0.4, -0.2) is 49.6 Å². The Labute approximate surface area is 171 Å². The van der Waals surface area contributed by atoms with Gasteiger partial charge in [-0.3, -0.25) is 0 Å². The molecule has 2 fully saturated rings. The maximum absolute atomic E-state index is 14.5. The fourth-order valence-electron chi connectivity index (χ4n) is 3.74. The number of halogens is 3. The molecule has 0 bridgehead atoms. The number of aromatic nitrogens is 2. The minimum absolute atomic E-state index is 0.0924. The number of sulfonamides is 1. The van der Waals surface area contributed by atoms with Crippen LogP contribution in [0.1, 0.15) is 19.3 Å². The van der Waals surface area contributed by atoms with Crippen molar-refractivity contribution in [1.82, 2.24) is 9.97 Å². The number of nitrogens with one attached hydrogen (secondary N) is 1. The monoisotopic (exact) mass is 443 g/mol. The highest BCUT2D eigenvalue weighted by Crippen LogP contribution is 2.42. The zero-order valence-corrected chi connectivity index (χ0v) is 16.6. The molecule has 2 aliphatic rings. The van der Waals surface area contributed by atoms with E-state index in [2.05, 4.69) is 15.3 Å². The molecule has 1 spiro atoms. The Morgan fingerprint density at radius 3 is 2.67 bits per heavy atom. The van der Waals surface area contributed by atoms with E-state index in [0.29, 0.717) is 12.8 Å². The van der Waals surface area contributed by atoms with E-state index in [1.54, 1.807) is 6.07 Å². The number of nitrogens with two attached hydrogens (primary N) is 1. The van der Waals surface area contributed by atoms with Crippen molar-refractivity contribution >= 4 is 27.5 Å². The van der Waals surface area contributed by atoms with Gasteiger partial charge in [-0.05, 0) is 31.4 Å². The maximum atomic E-state index is 14.5. The highest BCUT2D eigenvalue weighted by atomic mass is 32.2. The van der Waals surface area contributed by atoms with Crippen molar-refractivity contribution in [2.75, 3.05) is 23.3 Å². The van der Waals surface area contributed by atoms with E-state index < -0.39 is 34.0 Å².